The summed E-state index contributed by atoms with van der Waals surface area (Å²) >= 11 is 1.41. The fourth-order valence-corrected chi connectivity index (χ4v) is 3.05. The first-order chi connectivity index (χ1) is 9.84. The van der Waals surface area contributed by atoms with Crippen LogP contribution < -0.4 is 5.32 Å². The maximum atomic E-state index is 12.4. The van der Waals surface area contributed by atoms with Crippen LogP contribution >= 0.6 is 11.3 Å². The van der Waals surface area contributed by atoms with E-state index in [1.807, 2.05) is 23.1 Å². The molecular weight excluding hydrogens is 272 g/mol. The summed E-state index contributed by atoms with van der Waals surface area (Å²) in [5.41, 5.74) is 0.814. The molecule has 0 bridgehead atoms. The minimum absolute atomic E-state index is 0.0772. The van der Waals surface area contributed by atoms with Crippen molar-refractivity contribution in [1.29, 1.82) is 0 Å². The third-order valence-corrected chi connectivity index (χ3v) is 4.24. The minimum Gasteiger partial charge on any atom is -0.337 e. The average molecular weight is 288 g/mol. The monoisotopic (exact) mass is 288 g/mol. The van der Waals surface area contributed by atoms with Gasteiger partial charge in [0.2, 0.25) is 0 Å². The molecule has 2 aromatic rings. The minimum atomic E-state index is 0.0772. The van der Waals surface area contributed by atoms with Gasteiger partial charge in [0.1, 0.15) is 9.88 Å². The van der Waals surface area contributed by atoms with Crippen LogP contribution in [0.15, 0.2) is 30.6 Å². The van der Waals surface area contributed by atoms with Crippen molar-refractivity contribution in [1.82, 2.24) is 20.2 Å². The molecule has 1 fully saturated rings. The van der Waals surface area contributed by atoms with Gasteiger partial charge in [-0.25, -0.2) is 4.98 Å². The van der Waals surface area contributed by atoms with Gasteiger partial charge in [-0.05, 0) is 25.1 Å². The second-order valence-corrected chi connectivity index (χ2v) is 5.67. The summed E-state index contributed by atoms with van der Waals surface area (Å²) in [6.45, 7) is 3.40. The van der Waals surface area contributed by atoms with Gasteiger partial charge >= 0.3 is 0 Å². The molecule has 0 saturated carbocycles. The Balaban J connectivity index is 1.77. The first kappa shape index (κ1) is 13.2. The molecule has 0 atom stereocenters. The van der Waals surface area contributed by atoms with Crippen LogP contribution in [0.2, 0.25) is 0 Å². The predicted octanol–water partition coefficient (Wildman–Crippen LogP) is 1.64. The largest absolute Gasteiger partial charge is 0.337 e. The molecule has 104 valence electrons. The molecule has 1 N–H and O–H groups in total. The lowest BCUT2D eigenvalue weighted by Crippen LogP contribution is -2.33. The number of amides is 1. The van der Waals surface area contributed by atoms with Crippen LogP contribution in [-0.4, -0.2) is 47.0 Å². The fraction of sp³-hybridized carbons (Fsp3) is 0.357. The molecule has 1 amide bonds. The molecule has 1 saturated heterocycles. The van der Waals surface area contributed by atoms with E-state index in [-0.39, 0.29) is 5.91 Å². The van der Waals surface area contributed by atoms with Crippen molar-refractivity contribution in [2.24, 2.45) is 0 Å². The third-order valence-electron chi connectivity index (χ3n) is 3.23. The van der Waals surface area contributed by atoms with Crippen LogP contribution in [-0.2, 0) is 0 Å². The highest BCUT2D eigenvalue weighted by molar-refractivity contribution is 7.16. The Kier molecular flexibility index (Phi) is 4.03. The Morgan fingerprint density at radius 3 is 3.05 bits per heavy atom. The molecule has 0 spiro atoms. The standard InChI is InChI=1S/C14H16N4OS/c19-14(18-8-3-5-15-7-9-18)12-10-17-13(20-12)11-4-1-2-6-16-11/h1-2,4,6,10,15H,3,5,7-9H2. The quantitative estimate of drug-likeness (QED) is 0.912. The summed E-state index contributed by atoms with van der Waals surface area (Å²) in [6.07, 6.45) is 4.39. The Hall–Kier alpha value is -1.79. The Bertz CT molecular complexity index is 576. The van der Waals surface area contributed by atoms with Crippen molar-refractivity contribution < 1.29 is 4.79 Å². The molecule has 0 unspecified atom stereocenters. The van der Waals surface area contributed by atoms with Gasteiger partial charge in [-0.15, -0.1) is 11.3 Å². The topological polar surface area (TPSA) is 58.1 Å². The van der Waals surface area contributed by atoms with Crippen LogP contribution in [0.3, 0.4) is 0 Å². The van der Waals surface area contributed by atoms with Gasteiger partial charge in [-0.1, -0.05) is 6.07 Å². The lowest BCUT2D eigenvalue weighted by atomic mass is 10.3. The lowest BCUT2D eigenvalue weighted by molar-refractivity contribution is 0.0771. The van der Waals surface area contributed by atoms with Gasteiger partial charge in [0, 0.05) is 25.8 Å². The molecule has 0 aliphatic carbocycles. The van der Waals surface area contributed by atoms with Crippen molar-refractivity contribution >= 4 is 17.2 Å². The van der Waals surface area contributed by atoms with E-state index in [4.69, 9.17) is 0 Å². The number of carbonyl (C=O) groups is 1. The molecule has 3 rings (SSSR count). The van der Waals surface area contributed by atoms with Crippen molar-refractivity contribution in [2.75, 3.05) is 26.2 Å². The van der Waals surface area contributed by atoms with Crippen molar-refractivity contribution in [3.63, 3.8) is 0 Å². The second kappa shape index (κ2) is 6.11. The summed E-state index contributed by atoms with van der Waals surface area (Å²) in [5.74, 6) is 0.0772. The summed E-state index contributed by atoms with van der Waals surface area (Å²) in [6, 6.07) is 5.70. The molecule has 20 heavy (non-hydrogen) atoms. The number of carbonyl (C=O) groups excluding carboxylic acids is 1. The molecule has 1 aliphatic rings. The van der Waals surface area contributed by atoms with Gasteiger partial charge in [0.15, 0.2) is 0 Å². The Morgan fingerprint density at radius 1 is 1.25 bits per heavy atom. The average Bonchev–Trinajstić information content (AvgIpc) is 2.83. The molecule has 5 nitrogen and oxygen atoms in total. The molecule has 1 aliphatic heterocycles. The summed E-state index contributed by atoms with van der Waals surface area (Å²) in [7, 11) is 0. The Labute approximate surface area is 121 Å². The van der Waals surface area contributed by atoms with Gasteiger partial charge in [0.25, 0.3) is 5.91 Å². The number of rotatable bonds is 2. The zero-order valence-corrected chi connectivity index (χ0v) is 11.9. The predicted molar refractivity (Wildman–Crippen MR) is 78.7 cm³/mol. The smallest absolute Gasteiger partial charge is 0.265 e. The van der Waals surface area contributed by atoms with E-state index in [2.05, 4.69) is 15.3 Å². The van der Waals surface area contributed by atoms with E-state index in [0.717, 1.165) is 43.3 Å². The lowest BCUT2D eigenvalue weighted by Gasteiger charge is -2.18. The first-order valence-electron chi connectivity index (χ1n) is 6.72. The molecule has 2 aromatic heterocycles. The van der Waals surface area contributed by atoms with Gasteiger partial charge in [-0.3, -0.25) is 9.78 Å². The number of thiazole rings is 1. The van der Waals surface area contributed by atoms with Crippen LogP contribution in [0.4, 0.5) is 0 Å². The van der Waals surface area contributed by atoms with Gasteiger partial charge in [-0.2, -0.15) is 0 Å². The normalized spacial score (nSPS) is 15.9. The van der Waals surface area contributed by atoms with Crippen molar-refractivity contribution in [2.45, 2.75) is 6.42 Å². The Morgan fingerprint density at radius 2 is 2.20 bits per heavy atom. The fourth-order valence-electron chi connectivity index (χ4n) is 2.19. The van der Waals surface area contributed by atoms with Gasteiger partial charge in [0.05, 0.1) is 11.9 Å². The van der Waals surface area contributed by atoms with Crippen LogP contribution in [0.1, 0.15) is 16.1 Å². The van der Waals surface area contributed by atoms with E-state index >= 15 is 0 Å². The molecular formula is C14H16N4OS. The van der Waals surface area contributed by atoms with Crippen molar-refractivity contribution in [3.8, 4) is 10.7 Å². The van der Waals surface area contributed by atoms with E-state index in [9.17, 15) is 4.79 Å². The highest BCUT2D eigenvalue weighted by Crippen LogP contribution is 2.24. The summed E-state index contributed by atoms with van der Waals surface area (Å²) in [5, 5.41) is 4.09. The molecule has 3 heterocycles. The number of hydrogen-bond donors (Lipinski definition) is 1. The molecule has 6 heteroatoms. The van der Waals surface area contributed by atoms with E-state index < -0.39 is 0 Å². The first-order valence-corrected chi connectivity index (χ1v) is 7.53. The molecule has 0 aromatic carbocycles. The third kappa shape index (κ3) is 2.86. The van der Waals surface area contributed by atoms with E-state index in [1.54, 1.807) is 12.4 Å². The summed E-state index contributed by atoms with van der Waals surface area (Å²) < 4.78 is 0. The van der Waals surface area contributed by atoms with E-state index in [1.165, 1.54) is 11.3 Å². The van der Waals surface area contributed by atoms with Crippen molar-refractivity contribution in [3.05, 3.63) is 35.5 Å². The SMILES string of the molecule is O=C(c1cnc(-c2ccccn2)s1)N1CCCNCC1. The number of pyridine rings is 1. The number of hydrogen-bond acceptors (Lipinski definition) is 5. The molecule has 0 radical (unpaired) electrons. The zero-order chi connectivity index (χ0) is 13.8. The zero-order valence-electron chi connectivity index (χ0n) is 11.1. The van der Waals surface area contributed by atoms with Crippen LogP contribution in [0.25, 0.3) is 10.7 Å². The number of aromatic nitrogens is 2. The maximum Gasteiger partial charge on any atom is 0.265 e. The van der Waals surface area contributed by atoms with Crippen LogP contribution in [0.5, 0.6) is 0 Å². The van der Waals surface area contributed by atoms with Gasteiger partial charge < -0.3 is 10.2 Å². The number of nitrogens with one attached hydrogen (secondary N) is 1. The maximum absolute atomic E-state index is 12.4. The summed E-state index contributed by atoms with van der Waals surface area (Å²) in [4.78, 5) is 23.6. The van der Waals surface area contributed by atoms with Crippen LogP contribution in [0, 0.1) is 0 Å². The number of nitrogens with zero attached hydrogens (tertiary/aromatic N) is 3. The van der Waals surface area contributed by atoms with E-state index in [0.29, 0.717) is 4.88 Å². The second-order valence-electron chi connectivity index (χ2n) is 4.64. The highest BCUT2D eigenvalue weighted by atomic mass is 32.1. The highest BCUT2D eigenvalue weighted by Gasteiger charge is 2.19.